The Labute approximate surface area is 70.9 Å². The second-order valence-electron chi connectivity index (χ2n) is 1.52. The van der Waals surface area contributed by atoms with Crippen LogP contribution in [0.3, 0.4) is 0 Å². The zero-order valence-corrected chi connectivity index (χ0v) is 8.29. The topological polar surface area (TPSA) is 50.2 Å². The van der Waals surface area contributed by atoms with Gasteiger partial charge >= 0.3 is 5.97 Å². The summed E-state index contributed by atoms with van der Waals surface area (Å²) < 4.78 is 0. The van der Waals surface area contributed by atoms with Crippen molar-refractivity contribution in [1.29, 1.82) is 0 Å². The minimum absolute atomic E-state index is 0. The maximum atomic E-state index is 10.1. The minimum atomic E-state index is -0.990. The van der Waals surface area contributed by atoms with Crippen molar-refractivity contribution in [3.8, 4) is 0 Å². The van der Waals surface area contributed by atoms with E-state index in [1.165, 1.54) is 12.3 Å². The van der Waals surface area contributed by atoms with Crippen LogP contribution in [0.15, 0.2) is 24.4 Å². The summed E-state index contributed by atoms with van der Waals surface area (Å²) in [6.07, 6.45) is 1.45. The Morgan fingerprint density at radius 1 is 1.50 bits per heavy atom. The fourth-order valence-corrected chi connectivity index (χ4v) is 0.489. The van der Waals surface area contributed by atoms with E-state index >= 15 is 0 Å². The van der Waals surface area contributed by atoms with Crippen LogP contribution in [0, 0.1) is 0 Å². The van der Waals surface area contributed by atoms with E-state index in [0.717, 1.165) is 0 Å². The number of hydrogen-bond donors (Lipinski definition) is 1. The molecule has 1 aromatic rings. The third-order valence-electron chi connectivity index (χ3n) is 0.884. The number of nitrogens with zero attached hydrogens (tertiary/aromatic N) is 1. The van der Waals surface area contributed by atoms with Crippen LogP contribution in [0.5, 0.6) is 0 Å². The fraction of sp³-hybridized carbons (Fsp3) is 0. The molecule has 0 atom stereocenters. The molecule has 48 valence electrons. The Morgan fingerprint density at radius 3 is 2.50 bits per heavy atom. The molecule has 1 heterocycles. The molecule has 1 aromatic heterocycles. The van der Waals surface area contributed by atoms with Crippen LogP contribution in [0.25, 0.3) is 0 Å². The molecule has 0 aliphatic rings. The van der Waals surface area contributed by atoms with Crippen LogP contribution in [0.4, 0.5) is 0 Å². The maximum Gasteiger partial charge on any atom is 0.354 e. The first-order chi connectivity index (χ1) is 4.30. The SMILES string of the molecule is O=C(O)c1ccccn1.[Zn]. The van der Waals surface area contributed by atoms with Crippen molar-refractivity contribution < 1.29 is 29.4 Å². The molecule has 0 aromatic carbocycles. The standard InChI is InChI=1S/C6H5NO2.Zn/c8-6(9)5-3-1-2-4-7-5;/h1-4H,(H,8,9);. The number of aromatic nitrogens is 1. The number of carbonyl (C=O) groups is 1. The van der Waals surface area contributed by atoms with Crippen molar-refractivity contribution in [2.24, 2.45) is 0 Å². The van der Waals surface area contributed by atoms with Gasteiger partial charge in [0, 0.05) is 25.7 Å². The van der Waals surface area contributed by atoms with Crippen LogP contribution >= 0.6 is 0 Å². The minimum Gasteiger partial charge on any atom is -0.477 e. The second-order valence-corrected chi connectivity index (χ2v) is 1.52. The smallest absolute Gasteiger partial charge is 0.354 e. The summed E-state index contributed by atoms with van der Waals surface area (Å²) >= 11 is 0. The molecule has 10 heavy (non-hydrogen) atoms. The van der Waals surface area contributed by atoms with Crippen LogP contribution in [0.1, 0.15) is 10.5 Å². The molecule has 1 N–H and O–H groups in total. The zero-order chi connectivity index (χ0) is 6.69. The van der Waals surface area contributed by atoms with E-state index in [9.17, 15) is 4.79 Å². The first-order valence-corrected chi connectivity index (χ1v) is 2.45. The summed E-state index contributed by atoms with van der Waals surface area (Å²) in [5.41, 5.74) is 0.0810. The molecule has 0 bridgehead atoms. The predicted molar refractivity (Wildman–Crippen MR) is 31.2 cm³/mol. The third kappa shape index (κ3) is 2.23. The molecule has 0 fully saturated rings. The van der Waals surface area contributed by atoms with E-state index < -0.39 is 5.97 Å². The number of hydrogen-bond acceptors (Lipinski definition) is 2. The first-order valence-electron chi connectivity index (χ1n) is 2.45. The van der Waals surface area contributed by atoms with Gasteiger partial charge in [0.1, 0.15) is 5.69 Å². The van der Waals surface area contributed by atoms with Gasteiger partial charge in [-0.2, -0.15) is 0 Å². The van der Waals surface area contributed by atoms with Gasteiger partial charge in [-0.3, -0.25) is 0 Å². The van der Waals surface area contributed by atoms with E-state index in [1.807, 2.05) is 0 Å². The molecule has 0 unspecified atom stereocenters. The van der Waals surface area contributed by atoms with E-state index in [-0.39, 0.29) is 25.2 Å². The molecule has 0 saturated heterocycles. The van der Waals surface area contributed by atoms with Gasteiger partial charge in [0.15, 0.2) is 0 Å². The van der Waals surface area contributed by atoms with Gasteiger partial charge in [0.05, 0.1) is 0 Å². The van der Waals surface area contributed by atoms with Crippen molar-refractivity contribution in [2.45, 2.75) is 0 Å². The number of carboxylic acids is 1. The first kappa shape index (κ1) is 9.24. The Balaban J connectivity index is 0.000000810. The number of rotatable bonds is 1. The van der Waals surface area contributed by atoms with Crippen LogP contribution in [-0.4, -0.2) is 16.1 Å². The van der Waals surface area contributed by atoms with E-state index in [0.29, 0.717) is 0 Å². The van der Waals surface area contributed by atoms with E-state index in [2.05, 4.69) is 4.98 Å². The molecular formula is C6H5NO2Zn. The molecule has 0 aliphatic carbocycles. The molecule has 0 spiro atoms. The van der Waals surface area contributed by atoms with Gasteiger partial charge in [-0.1, -0.05) is 6.07 Å². The average Bonchev–Trinajstić information content (AvgIpc) is 1.90. The van der Waals surface area contributed by atoms with Crippen molar-refractivity contribution >= 4 is 5.97 Å². The van der Waals surface area contributed by atoms with Gasteiger partial charge in [-0.15, -0.1) is 0 Å². The van der Waals surface area contributed by atoms with Crippen molar-refractivity contribution in [3.63, 3.8) is 0 Å². The molecular weight excluding hydrogens is 183 g/mol. The normalized spacial score (nSPS) is 8.00. The summed E-state index contributed by atoms with van der Waals surface area (Å²) in [6, 6.07) is 4.76. The Morgan fingerprint density at radius 2 is 2.20 bits per heavy atom. The summed E-state index contributed by atoms with van der Waals surface area (Å²) in [5, 5.41) is 8.32. The molecule has 0 radical (unpaired) electrons. The van der Waals surface area contributed by atoms with E-state index in [1.54, 1.807) is 12.1 Å². The van der Waals surface area contributed by atoms with Gasteiger partial charge in [-0.25, -0.2) is 9.78 Å². The monoisotopic (exact) mass is 187 g/mol. The van der Waals surface area contributed by atoms with Gasteiger partial charge in [-0.05, 0) is 12.1 Å². The summed E-state index contributed by atoms with van der Waals surface area (Å²) in [7, 11) is 0. The largest absolute Gasteiger partial charge is 0.477 e. The van der Waals surface area contributed by atoms with Crippen molar-refractivity contribution in [2.75, 3.05) is 0 Å². The molecule has 4 heteroatoms. The summed E-state index contributed by atoms with van der Waals surface area (Å²) in [4.78, 5) is 13.7. The van der Waals surface area contributed by atoms with Crippen LogP contribution < -0.4 is 0 Å². The number of aromatic carboxylic acids is 1. The molecule has 1 rings (SSSR count). The quantitative estimate of drug-likeness (QED) is 0.663. The fourth-order valence-electron chi connectivity index (χ4n) is 0.489. The molecule has 0 saturated carbocycles. The van der Waals surface area contributed by atoms with E-state index in [4.69, 9.17) is 5.11 Å². The number of pyridine rings is 1. The van der Waals surface area contributed by atoms with Crippen LogP contribution in [-0.2, 0) is 19.5 Å². The number of carboxylic acid groups (broad SMARTS) is 1. The molecule has 0 amide bonds. The Hall–Kier alpha value is -0.757. The maximum absolute atomic E-state index is 10.1. The zero-order valence-electron chi connectivity index (χ0n) is 5.32. The van der Waals surface area contributed by atoms with Crippen molar-refractivity contribution in [3.05, 3.63) is 30.1 Å². The van der Waals surface area contributed by atoms with Gasteiger partial charge in [0.25, 0.3) is 0 Å². The Kier molecular flexibility index (Phi) is 3.81. The van der Waals surface area contributed by atoms with Gasteiger partial charge in [0.2, 0.25) is 0 Å². The third-order valence-corrected chi connectivity index (χ3v) is 0.884. The van der Waals surface area contributed by atoms with Crippen LogP contribution in [0.2, 0.25) is 0 Å². The Bertz CT molecular complexity index is 212. The predicted octanol–water partition coefficient (Wildman–Crippen LogP) is 0.777. The molecule has 0 aliphatic heterocycles. The van der Waals surface area contributed by atoms with Crippen molar-refractivity contribution in [1.82, 2.24) is 4.98 Å². The summed E-state index contributed by atoms with van der Waals surface area (Å²) in [6.45, 7) is 0. The average molecular weight is 189 g/mol. The second kappa shape index (κ2) is 4.12. The van der Waals surface area contributed by atoms with Gasteiger partial charge < -0.3 is 5.11 Å². The molecule has 3 nitrogen and oxygen atoms in total. The summed E-state index contributed by atoms with van der Waals surface area (Å²) in [5.74, 6) is -0.990.